The van der Waals surface area contributed by atoms with Crippen LogP contribution in [0.5, 0.6) is 0 Å². The van der Waals surface area contributed by atoms with E-state index in [0.29, 0.717) is 0 Å². The highest BCUT2D eigenvalue weighted by Gasteiger charge is 2.33. The number of fused-ring (bicyclic) bond motifs is 1. The molecule has 1 aliphatic heterocycles. The molecule has 0 spiro atoms. The highest BCUT2D eigenvalue weighted by atomic mass is 15.2. The largest absolute Gasteiger partial charge is 0.323 e. The second-order valence-electron chi connectivity index (χ2n) is 7.20. The number of likely N-dealkylation sites (tertiary alicyclic amines) is 1. The maximum Gasteiger partial charge on any atom is 0.0424 e. The van der Waals surface area contributed by atoms with E-state index in [9.17, 15) is 0 Å². The number of piperidine rings is 1. The van der Waals surface area contributed by atoms with Crippen molar-refractivity contribution in [3.8, 4) is 0 Å². The zero-order chi connectivity index (χ0) is 14.8. The van der Waals surface area contributed by atoms with Crippen LogP contribution >= 0.6 is 0 Å². The van der Waals surface area contributed by atoms with Gasteiger partial charge in [-0.15, -0.1) is 0 Å². The minimum atomic E-state index is 0.157. The Balaban J connectivity index is 1.68. The lowest BCUT2D eigenvalue weighted by atomic mass is 9.78. The van der Waals surface area contributed by atoms with Crippen molar-refractivity contribution in [2.45, 2.75) is 64.5 Å². The zero-order valence-corrected chi connectivity index (χ0v) is 13.6. The summed E-state index contributed by atoms with van der Waals surface area (Å²) in [7, 11) is 0. The van der Waals surface area contributed by atoms with Gasteiger partial charge >= 0.3 is 0 Å². The maximum atomic E-state index is 6.52. The van der Waals surface area contributed by atoms with E-state index in [-0.39, 0.29) is 6.04 Å². The summed E-state index contributed by atoms with van der Waals surface area (Å²) in [5.41, 5.74) is 10.5. The first-order chi connectivity index (χ1) is 10.1. The Morgan fingerprint density at radius 2 is 1.86 bits per heavy atom. The van der Waals surface area contributed by atoms with E-state index in [1.165, 1.54) is 61.8 Å². The van der Waals surface area contributed by atoms with Crippen molar-refractivity contribution in [1.82, 2.24) is 4.90 Å². The third-order valence-corrected chi connectivity index (χ3v) is 5.75. The number of aryl methyl sites for hydroxylation is 2. The van der Waals surface area contributed by atoms with Crippen molar-refractivity contribution < 1.29 is 0 Å². The average Bonchev–Trinajstić information content (AvgIpc) is 2.50. The molecule has 1 aromatic carbocycles. The van der Waals surface area contributed by atoms with Crippen LogP contribution in [0.4, 0.5) is 0 Å². The second kappa shape index (κ2) is 6.50. The van der Waals surface area contributed by atoms with E-state index < -0.39 is 0 Å². The number of nitrogens with two attached hydrogens (primary N) is 1. The van der Waals surface area contributed by atoms with E-state index in [1.807, 2.05) is 0 Å². The van der Waals surface area contributed by atoms with Crippen LogP contribution in [-0.2, 0) is 0 Å². The highest BCUT2D eigenvalue weighted by molar-refractivity contribution is 5.31. The van der Waals surface area contributed by atoms with Gasteiger partial charge in [-0.25, -0.2) is 0 Å². The minimum Gasteiger partial charge on any atom is -0.323 e. The molecule has 1 unspecified atom stereocenters. The fraction of sp³-hybridized carbons (Fsp3) is 0.684. The Hall–Kier alpha value is -0.860. The van der Waals surface area contributed by atoms with E-state index in [2.05, 4.69) is 36.9 Å². The smallest absolute Gasteiger partial charge is 0.0424 e. The van der Waals surface area contributed by atoms with E-state index in [4.69, 9.17) is 5.73 Å². The first kappa shape index (κ1) is 15.1. The Labute approximate surface area is 129 Å². The van der Waals surface area contributed by atoms with Crippen molar-refractivity contribution in [2.24, 2.45) is 11.7 Å². The molecule has 0 bridgehead atoms. The summed E-state index contributed by atoms with van der Waals surface area (Å²) in [4.78, 5) is 2.70. The monoisotopic (exact) mass is 286 g/mol. The van der Waals surface area contributed by atoms with Crippen molar-refractivity contribution in [3.63, 3.8) is 0 Å². The highest BCUT2D eigenvalue weighted by Crippen LogP contribution is 2.35. The van der Waals surface area contributed by atoms with Crippen LogP contribution in [0.25, 0.3) is 0 Å². The Kier molecular flexibility index (Phi) is 4.66. The van der Waals surface area contributed by atoms with Gasteiger partial charge in [-0.05, 0) is 68.7 Å². The molecule has 1 saturated carbocycles. The predicted molar refractivity (Wildman–Crippen MR) is 89.4 cm³/mol. The van der Waals surface area contributed by atoms with Gasteiger partial charge in [0.1, 0.15) is 0 Å². The minimum absolute atomic E-state index is 0.157. The molecule has 1 heterocycles. The summed E-state index contributed by atoms with van der Waals surface area (Å²) in [5, 5.41) is 0. The fourth-order valence-corrected chi connectivity index (χ4v) is 4.31. The van der Waals surface area contributed by atoms with Crippen molar-refractivity contribution in [1.29, 1.82) is 0 Å². The molecule has 2 aliphatic rings. The summed E-state index contributed by atoms with van der Waals surface area (Å²) in [6.07, 6.45) is 8.50. The lowest BCUT2D eigenvalue weighted by Gasteiger charge is -2.45. The van der Waals surface area contributed by atoms with Crippen LogP contribution in [0.1, 0.15) is 61.3 Å². The van der Waals surface area contributed by atoms with Crippen LogP contribution in [0.15, 0.2) is 18.2 Å². The van der Waals surface area contributed by atoms with E-state index >= 15 is 0 Å². The molecular weight excluding hydrogens is 256 g/mol. The Morgan fingerprint density at radius 3 is 2.67 bits per heavy atom. The molecule has 2 heteroatoms. The normalized spacial score (nSPS) is 28.1. The average molecular weight is 286 g/mol. The van der Waals surface area contributed by atoms with Crippen molar-refractivity contribution in [3.05, 3.63) is 34.9 Å². The molecule has 1 saturated heterocycles. The van der Waals surface area contributed by atoms with Gasteiger partial charge in [0, 0.05) is 18.6 Å². The molecule has 1 aromatic rings. The second-order valence-corrected chi connectivity index (χ2v) is 7.20. The third-order valence-electron chi connectivity index (χ3n) is 5.75. The lowest BCUT2D eigenvalue weighted by Crippen LogP contribution is -2.49. The van der Waals surface area contributed by atoms with Gasteiger partial charge in [0.2, 0.25) is 0 Å². The summed E-state index contributed by atoms with van der Waals surface area (Å²) in [6.45, 7) is 6.63. The standard InChI is InChI=1S/C19H30N2/c1-14-9-10-17(12-15(14)2)18(20)13-21-11-5-7-16-6-3-4-8-19(16)21/h9-10,12,16,18-19H,3-8,11,13,20H2,1-2H3/t16-,18?,19-/m1/s1. The third kappa shape index (κ3) is 3.32. The quantitative estimate of drug-likeness (QED) is 0.911. The van der Waals surface area contributed by atoms with Crippen LogP contribution in [0.2, 0.25) is 0 Å². The summed E-state index contributed by atoms with van der Waals surface area (Å²) < 4.78 is 0. The predicted octanol–water partition coefficient (Wildman–Crippen LogP) is 3.96. The molecule has 116 valence electrons. The van der Waals surface area contributed by atoms with Gasteiger partial charge in [0.15, 0.2) is 0 Å². The summed E-state index contributed by atoms with van der Waals surface area (Å²) >= 11 is 0. The van der Waals surface area contributed by atoms with E-state index in [1.54, 1.807) is 0 Å². The Bertz CT molecular complexity index is 480. The molecule has 0 aromatic heterocycles. The van der Waals surface area contributed by atoms with Crippen LogP contribution < -0.4 is 5.73 Å². The molecule has 2 N–H and O–H groups in total. The molecule has 2 fully saturated rings. The Morgan fingerprint density at radius 1 is 1.10 bits per heavy atom. The molecule has 1 aliphatic carbocycles. The van der Waals surface area contributed by atoms with Gasteiger partial charge < -0.3 is 5.73 Å². The number of rotatable bonds is 3. The van der Waals surface area contributed by atoms with Gasteiger partial charge in [-0.1, -0.05) is 31.0 Å². The molecule has 2 nitrogen and oxygen atoms in total. The van der Waals surface area contributed by atoms with Gasteiger partial charge in [0.25, 0.3) is 0 Å². The molecule has 3 rings (SSSR count). The summed E-state index contributed by atoms with van der Waals surface area (Å²) in [5.74, 6) is 0.944. The molecule has 21 heavy (non-hydrogen) atoms. The number of hydrogen-bond donors (Lipinski definition) is 1. The zero-order valence-electron chi connectivity index (χ0n) is 13.6. The van der Waals surface area contributed by atoms with Gasteiger partial charge in [-0.3, -0.25) is 4.90 Å². The maximum absolute atomic E-state index is 6.52. The van der Waals surface area contributed by atoms with Crippen molar-refractivity contribution >= 4 is 0 Å². The molecular formula is C19H30N2. The van der Waals surface area contributed by atoms with E-state index in [0.717, 1.165) is 18.5 Å². The van der Waals surface area contributed by atoms with Crippen LogP contribution in [-0.4, -0.2) is 24.0 Å². The van der Waals surface area contributed by atoms with Crippen LogP contribution in [0, 0.1) is 19.8 Å². The lowest BCUT2D eigenvalue weighted by molar-refractivity contribution is 0.0561. The van der Waals surface area contributed by atoms with Crippen LogP contribution in [0.3, 0.4) is 0 Å². The molecule has 0 radical (unpaired) electrons. The first-order valence-electron chi connectivity index (χ1n) is 8.72. The molecule has 0 amide bonds. The van der Waals surface area contributed by atoms with Gasteiger partial charge in [0.05, 0.1) is 0 Å². The first-order valence-corrected chi connectivity index (χ1v) is 8.72. The fourth-order valence-electron chi connectivity index (χ4n) is 4.31. The van der Waals surface area contributed by atoms with Crippen molar-refractivity contribution in [2.75, 3.05) is 13.1 Å². The SMILES string of the molecule is Cc1ccc(C(N)CN2CCC[C@H]3CCCC[C@H]32)cc1C. The number of nitrogens with zero attached hydrogens (tertiary/aromatic N) is 1. The number of benzene rings is 1. The number of hydrogen-bond acceptors (Lipinski definition) is 2. The molecule has 3 atom stereocenters. The van der Waals surface area contributed by atoms with Gasteiger partial charge in [-0.2, -0.15) is 0 Å². The topological polar surface area (TPSA) is 29.3 Å². The summed E-state index contributed by atoms with van der Waals surface area (Å²) in [6, 6.07) is 7.68.